The van der Waals surface area contributed by atoms with Gasteiger partial charge in [-0.25, -0.2) is 0 Å². The van der Waals surface area contributed by atoms with Crippen LogP contribution < -0.4 is 10.2 Å². The van der Waals surface area contributed by atoms with Gasteiger partial charge in [-0.1, -0.05) is 6.07 Å². The Bertz CT molecular complexity index is 713. The van der Waals surface area contributed by atoms with Crippen LogP contribution in [-0.4, -0.2) is 28.1 Å². The maximum Gasteiger partial charge on any atom is 0.246 e. The van der Waals surface area contributed by atoms with Gasteiger partial charge in [0.05, 0.1) is 10.7 Å². The molecule has 1 aromatic carbocycles. The van der Waals surface area contributed by atoms with E-state index < -0.39 is 0 Å². The Morgan fingerprint density at radius 2 is 2.27 bits per heavy atom. The van der Waals surface area contributed by atoms with Gasteiger partial charge in [0.1, 0.15) is 6.54 Å². The maximum atomic E-state index is 12.0. The van der Waals surface area contributed by atoms with E-state index >= 15 is 0 Å². The molecule has 1 aromatic heterocycles. The average Bonchev–Trinajstić information content (AvgIpc) is 3.07. The van der Waals surface area contributed by atoms with Crippen molar-refractivity contribution in [3.63, 3.8) is 0 Å². The fourth-order valence-electron chi connectivity index (χ4n) is 2.45. The summed E-state index contributed by atoms with van der Waals surface area (Å²) in [7, 11) is 0. The van der Waals surface area contributed by atoms with E-state index in [1.165, 1.54) is 0 Å². The number of anilines is 2. The van der Waals surface area contributed by atoms with Crippen LogP contribution in [-0.2, 0) is 16.1 Å². The SMILES string of the molecule is O=C(Cn1cc(Br)cn1)Nc1cccc(N2CCCC2=O)c1. The van der Waals surface area contributed by atoms with Crippen LogP contribution in [0, 0.1) is 0 Å². The van der Waals surface area contributed by atoms with E-state index in [0.717, 1.165) is 23.1 Å². The minimum absolute atomic E-state index is 0.130. The van der Waals surface area contributed by atoms with Crippen LogP contribution in [0.25, 0.3) is 0 Å². The summed E-state index contributed by atoms with van der Waals surface area (Å²) >= 11 is 3.29. The number of carbonyl (C=O) groups excluding carboxylic acids is 2. The second-order valence-corrected chi connectivity index (χ2v) is 6.02. The maximum absolute atomic E-state index is 12.0. The van der Waals surface area contributed by atoms with Gasteiger partial charge in [-0.15, -0.1) is 0 Å². The van der Waals surface area contributed by atoms with E-state index in [0.29, 0.717) is 12.1 Å². The van der Waals surface area contributed by atoms with E-state index in [2.05, 4.69) is 26.3 Å². The number of aromatic nitrogens is 2. The Morgan fingerprint density at radius 1 is 1.41 bits per heavy atom. The van der Waals surface area contributed by atoms with Gasteiger partial charge >= 0.3 is 0 Å². The van der Waals surface area contributed by atoms with Crippen LogP contribution in [0.4, 0.5) is 11.4 Å². The molecule has 0 aliphatic carbocycles. The Balaban J connectivity index is 1.67. The van der Waals surface area contributed by atoms with Gasteiger partial charge in [0.15, 0.2) is 0 Å². The molecule has 6 nitrogen and oxygen atoms in total. The lowest BCUT2D eigenvalue weighted by atomic mass is 10.2. The van der Waals surface area contributed by atoms with Gasteiger partial charge < -0.3 is 10.2 Å². The molecule has 1 fully saturated rings. The summed E-state index contributed by atoms with van der Waals surface area (Å²) in [6, 6.07) is 7.34. The molecule has 0 saturated carbocycles. The Morgan fingerprint density at radius 3 is 2.95 bits per heavy atom. The van der Waals surface area contributed by atoms with E-state index in [-0.39, 0.29) is 18.4 Å². The van der Waals surface area contributed by atoms with E-state index in [9.17, 15) is 9.59 Å². The van der Waals surface area contributed by atoms with Crippen molar-refractivity contribution < 1.29 is 9.59 Å². The van der Waals surface area contributed by atoms with Crippen LogP contribution in [0.5, 0.6) is 0 Å². The first-order valence-electron chi connectivity index (χ1n) is 7.00. The van der Waals surface area contributed by atoms with E-state index in [1.54, 1.807) is 28.0 Å². The van der Waals surface area contributed by atoms with Crippen molar-refractivity contribution in [1.82, 2.24) is 9.78 Å². The van der Waals surface area contributed by atoms with Crippen LogP contribution in [0.2, 0.25) is 0 Å². The molecule has 7 heteroatoms. The summed E-state index contributed by atoms with van der Waals surface area (Å²) in [6.07, 6.45) is 4.83. The fraction of sp³-hybridized carbons (Fsp3) is 0.267. The smallest absolute Gasteiger partial charge is 0.246 e. The molecule has 1 saturated heterocycles. The third kappa shape index (κ3) is 3.36. The molecule has 22 heavy (non-hydrogen) atoms. The quantitative estimate of drug-likeness (QED) is 0.907. The number of nitrogens with zero attached hydrogens (tertiary/aromatic N) is 3. The van der Waals surface area contributed by atoms with Crippen LogP contribution in [0.15, 0.2) is 41.1 Å². The van der Waals surface area contributed by atoms with Crippen molar-refractivity contribution in [1.29, 1.82) is 0 Å². The molecule has 2 aromatic rings. The Kier molecular flexibility index (Phi) is 4.24. The zero-order valence-corrected chi connectivity index (χ0v) is 13.4. The summed E-state index contributed by atoms with van der Waals surface area (Å²) in [5.74, 6) is -0.0367. The van der Waals surface area contributed by atoms with Crippen LogP contribution in [0.3, 0.4) is 0 Å². The van der Waals surface area contributed by atoms with Crippen LogP contribution in [0.1, 0.15) is 12.8 Å². The number of amides is 2. The summed E-state index contributed by atoms with van der Waals surface area (Å²) in [5.41, 5.74) is 1.50. The molecule has 0 bridgehead atoms. The topological polar surface area (TPSA) is 67.2 Å². The lowest BCUT2D eigenvalue weighted by Crippen LogP contribution is -2.24. The Labute approximate surface area is 136 Å². The molecular formula is C15H15BrN4O2. The monoisotopic (exact) mass is 362 g/mol. The van der Waals surface area contributed by atoms with Crippen molar-refractivity contribution >= 4 is 39.1 Å². The fourth-order valence-corrected chi connectivity index (χ4v) is 2.77. The van der Waals surface area contributed by atoms with Gasteiger partial charge in [0.2, 0.25) is 11.8 Å². The van der Waals surface area contributed by atoms with E-state index in [4.69, 9.17) is 0 Å². The molecular weight excluding hydrogens is 348 g/mol. The van der Waals surface area contributed by atoms with Crippen molar-refractivity contribution in [3.05, 3.63) is 41.1 Å². The lowest BCUT2D eigenvalue weighted by Gasteiger charge is -2.16. The van der Waals surface area contributed by atoms with Gasteiger partial charge in [0, 0.05) is 30.5 Å². The molecule has 0 unspecified atom stereocenters. The first kappa shape index (κ1) is 14.8. The summed E-state index contributed by atoms with van der Waals surface area (Å²) < 4.78 is 2.38. The minimum Gasteiger partial charge on any atom is -0.324 e. The second-order valence-electron chi connectivity index (χ2n) is 5.10. The third-order valence-corrected chi connectivity index (χ3v) is 3.83. The number of rotatable bonds is 4. The molecule has 114 valence electrons. The highest BCUT2D eigenvalue weighted by atomic mass is 79.9. The van der Waals surface area contributed by atoms with E-state index in [1.807, 2.05) is 18.2 Å². The average molecular weight is 363 g/mol. The number of hydrogen-bond acceptors (Lipinski definition) is 3. The highest BCUT2D eigenvalue weighted by molar-refractivity contribution is 9.10. The van der Waals surface area contributed by atoms with Crippen LogP contribution >= 0.6 is 15.9 Å². The van der Waals surface area contributed by atoms with Crippen molar-refractivity contribution in [2.75, 3.05) is 16.8 Å². The molecule has 0 radical (unpaired) electrons. The first-order chi connectivity index (χ1) is 10.6. The highest BCUT2D eigenvalue weighted by Gasteiger charge is 2.21. The highest BCUT2D eigenvalue weighted by Crippen LogP contribution is 2.24. The number of hydrogen-bond donors (Lipinski definition) is 1. The minimum atomic E-state index is -0.166. The molecule has 2 amide bonds. The first-order valence-corrected chi connectivity index (χ1v) is 7.79. The summed E-state index contributed by atoms with van der Waals surface area (Å²) in [5, 5.41) is 6.87. The van der Waals surface area contributed by atoms with Crippen molar-refractivity contribution in [3.8, 4) is 0 Å². The van der Waals surface area contributed by atoms with Gasteiger partial charge in [-0.05, 0) is 40.5 Å². The molecule has 3 rings (SSSR count). The third-order valence-electron chi connectivity index (χ3n) is 3.42. The van der Waals surface area contributed by atoms with Gasteiger partial charge in [0.25, 0.3) is 0 Å². The van der Waals surface area contributed by atoms with Gasteiger partial charge in [-0.2, -0.15) is 5.10 Å². The summed E-state index contributed by atoms with van der Waals surface area (Å²) in [6.45, 7) is 0.871. The van der Waals surface area contributed by atoms with Crippen molar-refractivity contribution in [2.24, 2.45) is 0 Å². The molecule has 1 aliphatic rings. The summed E-state index contributed by atoms with van der Waals surface area (Å²) in [4.78, 5) is 25.5. The molecule has 1 N–H and O–H groups in total. The Hall–Kier alpha value is -2.15. The number of benzene rings is 1. The normalized spacial score (nSPS) is 14.4. The molecule has 2 heterocycles. The largest absolute Gasteiger partial charge is 0.324 e. The second kappa shape index (κ2) is 6.31. The predicted octanol–water partition coefficient (Wildman–Crippen LogP) is 2.41. The molecule has 0 atom stereocenters. The standard InChI is InChI=1S/C15H15BrN4O2/c16-11-8-17-19(9-11)10-14(21)18-12-3-1-4-13(7-12)20-6-2-5-15(20)22/h1,3-4,7-9H,2,5-6,10H2,(H,18,21). The zero-order valence-electron chi connectivity index (χ0n) is 11.8. The van der Waals surface area contributed by atoms with Crippen molar-refractivity contribution in [2.45, 2.75) is 19.4 Å². The zero-order chi connectivity index (χ0) is 15.5. The molecule has 1 aliphatic heterocycles. The number of carbonyl (C=O) groups is 2. The lowest BCUT2D eigenvalue weighted by molar-refractivity contribution is -0.117. The number of nitrogens with one attached hydrogen (secondary N) is 1. The predicted molar refractivity (Wildman–Crippen MR) is 86.6 cm³/mol. The molecule has 0 spiro atoms. The van der Waals surface area contributed by atoms with Gasteiger partial charge in [-0.3, -0.25) is 14.3 Å². The number of halogens is 1.